The zero-order chi connectivity index (χ0) is 16.5. The van der Waals surface area contributed by atoms with Crippen LogP contribution in [0.25, 0.3) is 28.0 Å². The van der Waals surface area contributed by atoms with Gasteiger partial charge in [-0.2, -0.15) is 0 Å². The molecule has 0 atom stereocenters. The minimum atomic E-state index is -0.950. The maximum absolute atomic E-state index is 11.1. The third-order valence-corrected chi connectivity index (χ3v) is 3.99. The highest BCUT2D eigenvalue weighted by molar-refractivity contribution is 5.88. The Hall–Kier alpha value is -3.40. The van der Waals surface area contributed by atoms with Crippen molar-refractivity contribution in [3.05, 3.63) is 84.7 Å². The summed E-state index contributed by atoms with van der Waals surface area (Å²) in [7, 11) is 0. The summed E-state index contributed by atoms with van der Waals surface area (Å²) in [6.45, 7) is 0. The van der Waals surface area contributed by atoms with E-state index in [4.69, 9.17) is 5.11 Å². The molecule has 0 aliphatic carbocycles. The number of pyridine rings is 1. The van der Waals surface area contributed by atoms with Crippen LogP contribution in [-0.4, -0.2) is 20.5 Å². The molecule has 2 heterocycles. The number of hydrogen-bond acceptors (Lipinski definition) is 2. The third kappa shape index (κ3) is 2.54. The zero-order valence-electron chi connectivity index (χ0n) is 12.8. The van der Waals surface area contributed by atoms with Crippen LogP contribution >= 0.6 is 0 Å². The fourth-order valence-electron chi connectivity index (χ4n) is 2.72. The first-order valence-corrected chi connectivity index (χ1v) is 7.59. The first-order chi connectivity index (χ1) is 11.7. The van der Waals surface area contributed by atoms with Gasteiger partial charge in [-0.3, -0.25) is 0 Å². The Labute approximate surface area is 138 Å². The van der Waals surface area contributed by atoms with Crippen LogP contribution in [0.4, 0.5) is 0 Å². The number of benzene rings is 2. The van der Waals surface area contributed by atoms with Crippen molar-refractivity contribution < 1.29 is 9.90 Å². The third-order valence-electron chi connectivity index (χ3n) is 3.99. The van der Waals surface area contributed by atoms with Crippen LogP contribution in [0.3, 0.4) is 0 Å². The summed E-state index contributed by atoms with van der Waals surface area (Å²) in [5.41, 5.74) is 4.99. The Morgan fingerprint density at radius 3 is 2.25 bits per heavy atom. The number of carboxylic acids is 1. The van der Waals surface area contributed by atoms with Crippen molar-refractivity contribution in [2.75, 3.05) is 0 Å². The van der Waals surface area contributed by atoms with E-state index in [1.54, 1.807) is 18.3 Å². The van der Waals surface area contributed by atoms with Gasteiger partial charge < -0.3 is 9.51 Å². The molecule has 4 nitrogen and oxygen atoms in total. The van der Waals surface area contributed by atoms with E-state index in [1.807, 2.05) is 40.9 Å². The summed E-state index contributed by atoms with van der Waals surface area (Å²) in [4.78, 5) is 15.6. The molecule has 4 aromatic rings. The van der Waals surface area contributed by atoms with Crippen LogP contribution in [0.2, 0.25) is 0 Å². The van der Waals surface area contributed by atoms with E-state index < -0.39 is 5.97 Å². The second-order valence-electron chi connectivity index (χ2n) is 5.56. The fourth-order valence-corrected chi connectivity index (χ4v) is 2.72. The van der Waals surface area contributed by atoms with Crippen LogP contribution in [0.1, 0.15) is 10.4 Å². The quantitative estimate of drug-likeness (QED) is 0.611. The van der Waals surface area contributed by atoms with E-state index in [0.717, 1.165) is 16.8 Å². The van der Waals surface area contributed by atoms with Gasteiger partial charge in [-0.25, -0.2) is 9.78 Å². The van der Waals surface area contributed by atoms with Gasteiger partial charge in [0.1, 0.15) is 5.65 Å². The van der Waals surface area contributed by atoms with Crippen molar-refractivity contribution in [1.29, 1.82) is 0 Å². The number of imidazole rings is 1. The molecular weight excluding hydrogens is 300 g/mol. The maximum Gasteiger partial charge on any atom is 0.335 e. The molecule has 0 aliphatic heterocycles. The summed E-state index contributed by atoms with van der Waals surface area (Å²) in [6, 6.07) is 21.5. The molecule has 0 spiro atoms. The molecule has 0 unspecified atom stereocenters. The summed E-state index contributed by atoms with van der Waals surface area (Å²) in [5.74, 6) is -0.950. The van der Waals surface area contributed by atoms with Gasteiger partial charge in [0, 0.05) is 18.0 Å². The van der Waals surface area contributed by atoms with E-state index in [1.165, 1.54) is 5.56 Å². The lowest BCUT2D eigenvalue weighted by Gasteiger charge is -2.02. The van der Waals surface area contributed by atoms with Gasteiger partial charge in [-0.15, -0.1) is 0 Å². The SMILES string of the molecule is O=C(O)c1ccn2cc(-c3ccc(-c4ccccc4)cc3)nc2c1. The van der Waals surface area contributed by atoms with Gasteiger partial charge >= 0.3 is 5.97 Å². The molecule has 4 heteroatoms. The molecule has 0 bridgehead atoms. The molecule has 2 aromatic heterocycles. The van der Waals surface area contributed by atoms with Crippen molar-refractivity contribution in [3.63, 3.8) is 0 Å². The van der Waals surface area contributed by atoms with Crippen LogP contribution in [0, 0.1) is 0 Å². The number of aromatic nitrogens is 2. The lowest BCUT2D eigenvalue weighted by molar-refractivity contribution is 0.0697. The molecule has 4 rings (SSSR count). The Bertz CT molecular complexity index is 1020. The first kappa shape index (κ1) is 14.2. The monoisotopic (exact) mass is 314 g/mol. The van der Waals surface area contributed by atoms with Crippen molar-refractivity contribution in [2.24, 2.45) is 0 Å². The molecule has 0 radical (unpaired) electrons. The Morgan fingerprint density at radius 1 is 0.875 bits per heavy atom. The number of carbonyl (C=O) groups is 1. The van der Waals surface area contributed by atoms with Crippen LogP contribution < -0.4 is 0 Å². The Balaban J connectivity index is 1.71. The summed E-state index contributed by atoms with van der Waals surface area (Å²) in [6.07, 6.45) is 3.62. The lowest BCUT2D eigenvalue weighted by atomic mass is 10.0. The Kier molecular flexibility index (Phi) is 3.35. The average molecular weight is 314 g/mol. The van der Waals surface area contributed by atoms with E-state index in [-0.39, 0.29) is 5.56 Å². The van der Waals surface area contributed by atoms with Crippen molar-refractivity contribution in [1.82, 2.24) is 9.38 Å². The van der Waals surface area contributed by atoms with Crippen molar-refractivity contribution in [3.8, 4) is 22.4 Å². The van der Waals surface area contributed by atoms with Gasteiger partial charge in [0.15, 0.2) is 0 Å². The van der Waals surface area contributed by atoms with E-state index in [2.05, 4.69) is 29.2 Å². The van der Waals surface area contributed by atoms with E-state index in [9.17, 15) is 4.79 Å². The normalized spacial score (nSPS) is 10.8. The molecule has 0 saturated heterocycles. The topological polar surface area (TPSA) is 54.6 Å². The molecule has 24 heavy (non-hydrogen) atoms. The van der Waals surface area contributed by atoms with Crippen LogP contribution in [-0.2, 0) is 0 Å². The number of hydrogen-bond donors (Lipinski definition) is 1. The number of nitrogens with zero attached hydrogens (tertiary/aromatic N) is 2. The van der Waals surface area contributed by atoms with Gasteiger partial charge in [0.25, 0.3) is 0 Å². The molecule has 116 valence electrons. The van der Waals surface area contributed by atoms with Gasteiger partial charge in [-0.05, 0) is 23.3 Å². The number of fused-ring (bicyclic) bond motifs is 1. The van der Waals surface area contributed by atoms with Crippen LogP contribution in [0.5, 0.6) is 0 Å². The second kappa shape index (κ2) is 5.66. The Morgan fingerprint density at radius 2 is 1.54 bits per heavy atom. The number of rotatable bonds is 3. The minimum absolute atomic E-state index is 0.235. The molecule has 0 fully saturated rings. The molecule has 0 aliphatic rings. The number of carboxylic acid groups (broad SMARTS) is 1. The second-order valence-corrected chi connectivity index (χ2v) is 5.56. The standard InChI is InChI=1S/C20H14N2O2/c23-20(24)17-10-11-22-13-18(21-19(22)12-17)16-8-6-15(7-9-16)14-4-2-1-3-5-14/h1-13H,(H,23,24). The fraction of sp³-hybridized carbons (Fsp3) is 0. The van der Waals surface area contributed by atoms with Gasteiger partial charge in [0.2, 0.25) is 0 Å². The summed E-state index contributed by atoms with van der Waals surface area (Å²) in [5, 5.41) is 9.07. The molecule has 2 aromatic carbocycles. The van der Waals surface area contributed by atoms with E-state index >= 15 is 0 Å². The largest absolute Gasteiger partial charge is 0.478 e. The summed E-state index contributed by atoms with van der Waals surface area (Å²) >= 11 is 0. The molecule has 0 saturated carbocycles. The minimum Gasteiger partial charge on any atom is -0.478 e. The molecular formula is C20H14N2O2. The van der Waals surface area contributed by atoms with E-state index in [0.29, 0.717) is 5.65 Å². The first-order valence-electron chi connectivity index (χ1n) is 7.59. The van der Waals surface area contributed by atoms with Gasteiger partial charge in [0.05, 0.1) is 11.3 Å². The molecule has 1 N–H and O–H groups in total. The van der Waals surface area contributed by atoms with Crippen molar-refractivity contribution in [2.45, 2.75) is 0 Å². The maximum atomic E-state index is 11.1. The highest BCUT2D eigenvalue weighted by Gasteiger charge is 2.08. The zero-order valence-corrected chi connectivity index (χ0v) is 12.8. The predicted octanol–water partition coefficient (Wildman–Crippen LogP) is 4.37. The highest BCUT2D eigenvalue weighted by Crippen LogP contribution is 2.24. The lowest BCUT2D eigenvalue weighted by Crippen LogP contribution is -1.96. The predicted molar refractivity (Wildman–Crippen MR) is 93.0 cm³/mol. The summed E-state index contributed by atoms with van der Waals surface area (Å²) < 4.78 is 1.83. The number of aromatic carboxylic acids is 1. The van der Waals surface area contributed by atoms with Crippen molar-refractivity contribution >= 4 is 11.6 Å². The smallest absolute Gasteiger partial charge is 0.335 e. The van der Waals surface area contributed by atoms with Crippen LogP contribution in [0.15, 0.2) is 79.1 Å². The van der Waals surface area contributed by atoms with Gasteiger partial charge in [-0.1, -0.05) is 54.6 Å². The molecule has 0 amide bonds. The highest BCUT2D eigenvalue weighted by atomic mass is 16.4. The average Bonchev–Trinajstić information content (AvgIpc) is 3.06.